The number of nitrogens with zero attached hydrogens (tertiary/aromatic N) is 2. The fourth-order valence-electron chi connectivity index (χ4n) is 4.30. The highest BCUT2D eigenvalue weighted by Crippen LogP contribution is 2.18. The second kappa shape index (κ2) is 13.3. The number of ether oxygens (including phenoxy) is 1. The van der Waals surface area contributed by atoms with E-state index < -0.39 is 0 Å². The molecule has 2 aromatic rings. The summed E-state index contributed by atoms with van der Waals surface area (Å²) in [6, 6.07) is 8.44. The van der Waals surface area contributed by atoms with Crippen LogP contribution in [0.25, 0.3) is 0 Å². The molecule has 0 aliphatic carbocycles. The Hall–Kier alpha value is -2.34. The van der Waals surface area contributed by atoms with Crippen molar-refractivity contribution < 1.29 is 4.74 Å². The Labute approximate surface area is 192 Å². The summed E-state index contributed by atoms with van der Waals surface area (Å²) in [5.74, 6) is 1.47. The number of hydrogen-bond donors (Lipinski definition) is 2. The fraction of sp³-hybridized carbons (Fsp3) is 0.615. The van der Waals surface area contributed by atoms with Gasteiger partial charge in [-0.1, -0.05) is 44.7 Å². The summed E-state index contributed by atoms with van der Waals surface area (Å²) in [5, 5.41) is 3.23. The Bertz CT molecular complexity index is 874. The molecule has 1 aromatic carbocycles. The number of aryl methyl sites for hydroxylation is 1. The Kier molecular flexibility index (Phi) is 10.1. The molecule has 6 heteroatoms. The minimum Gasteiger partial charge on any atom is -0.494 e. The van der Waals surface area contributed by atoms with E-state index in [1.165, 1.54) is 50.8 Å². The van der Waals surface area contributed by atoms with Gasteiger partial charge in [0.15, 0.2) is 0 Å². The second-order valence-corrected chi connectivity index (χ2v) is 8.90. The Balaban J connectivity index is 1.39. The Morgan fingerprint density at radius 2 is 1.97 bits per heavy atom. The molecule has 1 saturated heterocycles. The van der Waals surface area contributed by atoms with Crippen LogP contribution in [-0.4, -0.2) is 41.1 Å². The van der Waals surface area contributed by atoms with Crippen molar-refractivity contribution in [3.05, 3.63) is 51.4 Å². The first-order chi connectivity index (χ1) is 15.7. The van der Waals surface area contributed by atoms with Crippen LogP contribution >= 0.6 is 0 Å². The summed E-state index contributed by atoms with van der Waals surface area (Å²) in [7, 11) is 0. The molecule has 0 spiro atoms. The van der Waals surface area contributed by atoms with E-state index in [2.05, 4.69) is 45.3 Å². The lowest BCUT2D eigenvalue weighted by atomic mass is 10.1. The molecule has 3 rings (SSSR count). The highest BCUT2D eigenvalue weighted by Gasteiger charge is 2.11. The lowest BCUT2D eigenvalue weighted by molar-refractivity contribution is 0.220. The average Bonchev–Trinajstić information content (AvgIpc) is 2.79. The van der Waals surface area contributed by atoms with Crippen LogP contribution < -0.4 is 15.6 Å². The quantitative estimate of drug-likeness (QED) is 0.426. The number of rotatable bonds is 13. The Morgan fingerprint density at radius 1 is 1.12 bits per heavy atom. The number of piperidine rings is 1. The lowest BCUT2D eigenvalue weighted by Crippen LogP contribution is -2.29. The third-order valence-electron chi connectivity index (χ3n) is 6.14. The number of aromatic nitrogens is 2. The van der Waals surface area contributed by atoms with Gasteiger partial charge >= 0.3 is 0 Å². The predicted molar refractivity (Wildman–Crippen MR) is 132 cm³/mol. The summed E-state index contributed by atoms with van der Waals surface area (Å²) in [4.78, 5) is 22.4. The number of benzene rings is 1. The molecule has 2 N–H and O–H groups in total. The van der Waals surface area contributed by atoms with Crippen LogP contribution in [-0.2, 0) is 13.0 Å². The lowest BCUT2D eigenvalue weighted by Gasteiger charge is -2.26. The number of H-pyrrole nitrogens is 1. The molecule has 1 aromatic heterocycles. The van der Waals surface area contributed by atoms with Crippen LogP contribution in [0.4, 0.5) is 5.95 Å². The second-order valence-electron chi connectivity index (χ2n) is 8.90. The molecule has 0 amide bonds. The fourth-order valence-corrected chi connectivity index (χ4v) is 4.30. The average molecular weight is 441 g/mol. The molecule has 0 radical (unpaired) electrons. The SMILES string of the molecule is CCCCCCc1c(C)nc(NCCCOc2cccc(CN3CCCCC3)c2)[nH]c1=O. The summed E-state index contributed by atoms with van der Waals surface area (Å²) in [5.41, 5.74) is 2.95. The first kappa shape index (κ1) is 24.3. The topological polar surface area (TPSA) is 70.2 Å². The highest BCUT2D eigenvalue weighted by atomic mass is 16.5. The van der Waals surface area contributed by atoms with Gasteiger partial charge in [0.2, 0.25) is 5.95 Å². The largest absolute Gasteiger partial charge is 0.494 e. The summed E-state index contributed by atoms with van der Waals surface area (Å²) in [6.45, 7) is 8.85. The van der Waals surface area contributed by atoms with Gasteiger partial charge in [-0.05, 0) is 69.8 Å². The highest BCUT2D eigenvalue weighted by molar-refractivity contribution is 5.30. The zero-order chi connectivity index (χ0) is 22.6. The third kappa shape index (κ3) is 7.97. The van der Waals surface area contributed by atoms with Gasteiger partial charge in [0.25, 0.3) is 5.56 Å². The molecule has 6 nitrogen and oxygen atoms in total. The van der Waals surface area contributed by atoms with Crippen LogP contribution in [0.15, 0.2) is 29.1 Å². The summed E-state index contributed by atoms with van der Waals surface area (Å²) >= 11 is 0. The van der Waals surface area contributed by atoms with E-state index in [0.717, 1.165) is 49.2 Å². The maximum Gasteiger partial charge on any atom is 0.255 e. The monoisotopic (exact) mass is 440 g/mol. The molecule has 176 valence electrons. The number of aromatic amines is 1. The van der Waals surface area contributed by atoms with Crippen molar-refractivity contribution in [2.24, 2.45) is 0 Å². The van der Waals surface area contributed by atoms with Crippen molar-refractivity contribution in [1.82, 2.24) is 14.9 Å². The molecular weight excluding hydrogens is 400 g/mol. The molecule has 1 fully saturated rings. The van der Waals surface area contributed by atoms with Crippen LogP contribution in [0, 0.1) is 6.92 Å². The van der Waals surface area contributed by atoms with Crippen molar-refractivity contribution in [3.63, 3.8) is 0 Å². The number of unbranched alkanes of at least 4 members (excludes halogenated alkanes) is 3. The normalized spacial score (nSPS) is 14.4. The van der Waals surface area contributed by atoms with Crippen molar-refractivity contribution in [3.8, 4) is 5.75 Å². The number of hydrogen-bond acceptors (Lipinski definition) is 5. The zero-order valence-corrected chi connectivity index (χ0v) is 19.9. The molecule has 1 aliphatic rings. The van der Waals surface area contributed by atoms with Gasteiger partial charge in [-0.15, -0.1) is 0 Å². The third-order valence-corrected chi connectivity index (χ3v) is 6.14. The van der Waals surface area contributed by atoms with Crippen LogP contribution in [0.5, 0.6) is 5.75 Å². The maximum atomic E-state index is 12.4. The zero-order valence-electron chi connectivity index (χ0n) is 19.9. The minimum atomic E-state index is -0.0155. The predicted octanol–water partition coefficient (Wildman–Crippen LogP) is 5.07. The van der Waals surface area contributed by atoms with Gasteiger partial charge in [-0.25, -0.2) is 4.98 Å². The van der Waals surface area contributed by atoms with E-state index in [-0.39, 0.29) is 5.56 Å². The van der Waals surface area contributed by atoms with E-state index in [4.69, 9.17) is 4.74 Å². The van der Waals surface area contributed by atoms with Gasteiger partial charge < -0.3 is 10.1 Å². The van der Waals surface area contributed by atoms with Gasteiger partial charge in [-0.3, -0.25) is 14.7 Å². The van der Waals surface area contributed by atoms with Crippen LogP contribution in [0.1, 0.15) is 75.1 Å². The van der Waals surface area contributed by atoms with E-state index in [0.29, 0.717) is 19.1 Å². The van der Waals surface area contributed by atoms with Crippen LogP contribution in [0.3, 0.4) is 0 Å². The van der Waals surface area contributed by atoms with Crippen molar-refractivity contribution in [2.75, 3.05) is 31.6 Å². The first-order valence-corrected chi connectivity index (χ1v) is 12.4. The van der Waals surface area contributed by atoms with Crippen molar-refractivity contribution in [2.45, 2.75) is 78.2 Å². The first-order valence-electron chi connectivity index (χ1n) is 12.4. The van der Waals surface area contributed by atoms with Gasteiger partial charge in [0.1, 0.15) is 5.75 Å². The Morgan fingerprint density at radius 3 is 2.75 bits per heavy atom. The van der Waals surface area contributed by atoms with E-state index in [1.54, 1.807) is 0 Å². The van der Waals surface area contributed by atoms with E-state index >= 15 is 0 Å². The summed E-state index contributed by atoms with van der Waals surface area (Å²) in [6.07, 6.45) is 10.2. The molecule has 0 unspecified atom stereocenters. The standard InChI is InChI=1S/C26H40N4O2/c1-3-4-5-7-14-24-21(2)28-26(29-25(24)31)27-15-11-18-32-23-13-10-12-22(19-23)20-30-16-8-6-9-17-30/h10,12-13,19H,3-9,11,14-18,20H2,1-2H3,(H2,27,28,29,31). The molecule has 32 heavy (non-hydrogen) atoms. The van der Waals surface area contributed by atoms with Crippen molar-refractivity contribution in [1.29, 1.82) is 0 Å². The summed E-state index contributed by atoms with van der Waals surface area (Å²) < 4.78 is 5.95. The number of likely N-dealkylation sites (tertiary alicyclic amines) is 1. The number of anilines is 1. The van der Waals surface area contributed by atoms with E-state index in [9.17, 15) is 4.79 Å². The molecule has 0 saturated carbocycles. The molecular formula is C26H40N4O2. The smallest absolute Gasteiger partial charge is 0.255 e. The molecule has 0 bridgehead atoms. The van der Waals surface area contributed by atoms with Crippen molar-refractivity contribution >= 4 is 5.95 Å². The van der Waals surface area contributed by atoms with Gasteiger partial charge in [0.05, 0.1) is 6.61 Å². The number of nitrogens with one attached hydrogen (secondary N) is 2. The molecule has 0 atom stereocenters. The van der Waals surface area contributed by atoms with Gasteiger partial charge in [-0.2, -0.15) is 0 Å². The van der Waals surface area contributed by atoms with Gasteiger partial charge in [0, 0.05) is 24.3 Å². The molecule has 1 aliphatic heterocycles. The maximum absolute atomic E-state index is 12.4. The minimum absolute atomic E-state index is 0.0155. The van der Waals surface area contributed by atoms with Crippen LogP contribution in [0.2, 0.25) is 0 Å². The van der Waals surface area contributed by atoms with E-state index in [1.807, 2.05) is 13.0 Å². The molecule has 2 heterocycles.